The zero-order valence-corrected chi connectivity index (χ0v) is 9.72. The fourth-order valence-electron chi connectivity index (χ4n) is 2.17. The molecular formula is C11H18OSi. The minimum Gasteiger partial charge on any atom is -0.378 e. The smallest absolute Gasteiger partial charge is 0.129 e. The molecule has 2 atom stereocenters. The predicted octanol–water partition coefficient (Wildman–Crippen LogP) is 2.03. The molecule has 2 fully saturated rings. The highest BCUT2D eigenvalue weighted by Gasteiger charge is 2.52. The Morgan fingerprint density at radius 3 is 2.23 bits per heavy atom. The summed E-state index contributed by atoms with van der Waals surface area (Å²) in [5.41, 5.74) is 2.68. The van der Waals surface area contributed by atoms with Crippen LogP contribution in [0.15, 0.2) is 0 Å². The summed E-state index contributed by atoms with van der Waals surface area (Å²) in [6, 6.07) is 0. The van der Waals surface area contributed by atoms with Gasteiger partial charge in [-0.2, -0.15) is 0 Å². The van der Waals surface area contributed by atoms with Crippen molar-refractivity contribution in [3.05, 3.63) is 0 Å². The van der Waals surface area contributed by atoms with E-state index in [2.05, 4.69) is 31.1 Å². The van der Waals surface area contributed by atoms with E-state index in [0.717, 1.165) is 24.7 Å². The lowest BCUT2D eigenvalue weighted by atomic mass is 9.99. The van der Waals surface area contributed by atoms with Crippen molar-refractivity contribution < 1.29 is 5.11 Å². The Morgan fingerprint density at radius 1 is 1.23 bits per heavy atom. The number of hydrogen-bond donors (Lipinski definition) is 1. The molecule has 2 heteroatoms. The van der Waals surface area contributed by atoms with Crippen molar-refractivity contribution in [2.75, 3.05) is 0 Å². The van der Waals surface area contributed by atoms with Crippen LogP contribution in [0.5, 0.6) is 0 Å². The molecular weight excluding hydrogens is 176 g/mol. The van der Waals surface area contributed by atoms with Gasteiger partial charge in [0.15, 0.2) is 0 Å². The quantitative estimate of drug-likeness (QED) is 0.462. The van der Waals surface area contributed by atoms with Gasteiger partial charge in [0.1, 0.15) is 13.7 Å². The Morgan fingerprint density at radius 2 is 1.77 bits per heavy atom. The molecule has 0 heterocycles. The van der Waals surface area contributed by atoms with Crippen LogP contribution >= 0.6 is 0 Å². The van der Waals surface area contributed by atoms with Crippen molar-refractivity contribution in [2.24, 2.45) is 11.8 Å². The first kappa shape index (κ1) is 9.30. The molecule has 13 heavy (non-hydrogen) atoms. The molecule has 2 rings (SSSR count). The summed E-state index contributed by atoms with van der Waals surface area (Å²) in [6.07, 6.45) is 3.22. The maximum Gasteiger partial charge on any atom is 0.129 e. The lowest BCUT2D eigenvalue weighted by molar-refractivity contribution is 0.0956. The minimum atomic E-state index is -1.30. The second kappa shape index (κ2) is 2.62. The molecule has 2 aliphatic carbocycles. The standard InChI is InChI=1S/C11H18OSi/c1-13(2,3)5-4-11(12)7-9-6-10(9)8-11/h9-10,12H,6-8H2,1-3H3. The molecule has 0 saturated heterocycles. The maximum absolute atomic E-state index is 10.1. The van der Waals surface area contributed by atoms with Gasteiger partial charge in [0.25, 0.3) is 0 Å². The summed E-state index contributed by atoms with van der Waals surface area (Å²) in [7, 11) is -1.30. The van der Waals surface area contributed by atoms with E-state index in [1.54, 1.807) is 0 Å². The van der Waals surface area contributed by atoms with E-state index in [1.807, 2.05) is 0 Å². The van der Waals surface area contributed by atoms with Gasteiger partial charge < -0.3 is 5.11 Å². The van der Waals surface area contributed by atoms with Crippen LogP contribution in [0.1, 0.15) is 19.3 Å². The molecule has 1 N–H and O–H groups in total. The molecule has 2 aliphatic rings. The first-order chi connectivity index (χ1) is 5.88. The monoisotopic (exact) mass is 194 g/mol. The third-order valence-corrected chi connectivity index (χ3v) is 3.81. The van der Waals surface area contributed by atoms with Crippen LogP contribution in [0.4, 0.5) is 0 Å². The Bertz CT molecular complexity index is 269. The summed E-state index contributed by atoms with van der Waals surface area (Å²) < 4.78 is 0. The fourth-order valence-corrected chi connectivity index (χ4v) is 2.77. The van der Waals surface area contributed by atoms with E-state index in [4.69, 9.17) is 0 Å². The SMILES string of the molecule is C[Si](C)(C)C#CC1(O)CC2CC2C1. The Labute approximate surface area is 81.6 Å². The molecule has 0 bridgehead atoms. The molecule has 0 spiro atoms. The molecule has 0 aromatic carbocycles. The Hall–Kier alpha value is -0.263. The molecule has 0 amide bonds. The van der Waals surface area contributed by atoms with Crippen LogP contribution in [-0.2, 0) is 0 Å². The topological polar surface area (TPSA) is 20.2 Å². The average molecular weight is 194 g/mol. The Balaban J connectivity index is 2.04. The number of aliphatic hydroxyl groups is 1. The van der Waals surface area contributed by atoms with Gasteiger partial charge in [-0.3, -0.25) is 0 Å². The van der Waals surface area contributed by atoms with Crippen molar-refractivity contribution in [3.63, 3.8) is 0 Å². The van der Waals surface area contributed by atoms with Crippen molar-refractivity contribution in [1.29, 1.82) is 0 Å². The first-order valence-corrected chi connectivity index (χ1v) is 8.65. The fraction of sp³-hybridized carbons (Fsp3) is 0.818. The van der Waals surface area contributed by atoms with Crippen molar-refractivity contribution in [2.45, 2.75) is 44.5 Å². The Kier molecular flexibility index (Phi) is 1.87. The zero-order chi connectivity index (χ0) is 9.69. The molecule has 2 unspecified atom stereocenters. The number of rotatable bonds is 0. The van der Waals surface area contributed by atoms with Crippen LogP contribution in [0.2, 0.25) is 19.6 Å². The highest BCUT2D eigenvalue weighted by Crippen LogP contribution is 2.55. The van der Waals surface area contributed by atoms with Crippen LogP contribution in [0.25, 0.3) is 0 Å². The van der Waals surface area contributed by atoms with Crippen molar-refractivity contribution >= 4 is 8.07 Å². The minimum absolute atomic E-state index is 0.603. The van der Waals surface area contributed by atoms with E-state index in [0.29, 0.717) is 0 Å². The molecule has 0 aromatic heterocycles. The van der Waals surface area contributed by atoms with Gasteiger partial charge in [0.05, 0.1) is 0 Å². The normalized spacial score (nSPS) is 42.2. The molecule has 72 valence electrons. The maximum atomic E-state index is 10.1. The lowest BCUT2D eigenvalue weighted by Crippen LogP contribution is -2.26. The van der Waals surface area contributed by atoms with E-state index in [-0.39, 0.29) is 0 Å². The van der Waals surface area contributed by atoms with Gasteiger partial charge in [-0.05, 0) is 31.1 Å². The summed E-state index contributed by atoms with van der Waals surface area (Å²) in [4.78, 5) is 0. The highest BCUT2D eigenvalue weighted by atomic mass is 28.3. The summed E-state index contributed by atoms with van der Waals surface area (Å²) in [6.45, 7) is 6.66. The van der Waals surface area contributed by atoms with E-state index >= 15 is 0 Å². The van der Waals surface area contributed by atoms with Gasteiger partial charge in [-0.1, -0.05) is 25.6 Å². The second-order valence-electron chi connectivity index (χ2n) is 5.70. The number of fused-ring (bicyclic) bond motifs is 1. The van der Waals surface area contributed by atoms with Crippen LogP contribution in [0, 0.1) is 23.3 Å². The largest absolute Gasteiger partial charge is 0.378 e. The van der Waals surface area contributed by atoms with Crippen LogP contribution in [-0.4, -0.2) is 18.8 Å². The van der Waals surface area contributed by atoms with Crippen LogP contribution < -0.4 is 0 Å². The lowest BCUT2D eigenvalue weighted by Gasteiger charge is -2.17. The van der Waals surface area contributed by atoms with E-state index in [1.165, 1.54) is 6.42 Å². The molecule has 0 radical (unpaired) electrons. The van der Waals surface area contributed by atoms with Crippen molar-refractivity contribution in [1.82, 2.24) is 0 Å². The molecule has 1 nitrogen and oxygen atoms in total. The highest BCUT2D eigenvalue weighted by molar-refractivity contribution is 6.83. The van der Waals surface area contributed by atoms with Crippen LogP contribution in [0.3, 0.4) is 0 Å². The van der Waals surface area contributed by atoms with Gasteiger partial charge in [0, 0.05) is 0 Å². The zero-order valence-electron chi connectivity index (χ0n) is 8.72. The van der Waals surface area contributed by atoms with Gasteiger partial charge >= 0.3 is 0 Å². The third kappa shape index (κ3) is 2.15. The number of hydrogen-bond acceptors (Lipinski definition) is 1. The van der Waals surface area contributed by atoms with Crippen molar-refractivity contribution in [3.8, 4) is 11.5 Å². The van der Waals surface area contributed by atoms with E-state index < -0.39 is 13.7 Å². The van der Waals surface area contributed by atoms with Gasteiger partial charge in [-0.25, -0.2) is 0 Å². The predicted molar refractivity (Wildman–Crippen MR) is 56.9 cm³/mol. The average Bonchev–Trinajstić information content (AvgIpc) is 2.56. The summed E-state index contributed by atoms with van der Waals surface area (Å²) in [5, 5.41) is 10.1. The third-order valence-electron chi connectivity index (χ3n) is 2.94. The summed E-state index contributed by atoms with van der Waals surface area (Å²) in [5.74, 6) is 4.74. The second-order valence-corrected chi connectivity index (χ2v) is 10.4. The molecule has 0 aliphatic heterocycles. The molecule has 2 saturated carbocycles. The first-order valence-electron chi connectivity index (χ1n) is 5.15. The van der Waals surface area contributed by atoms with E-state index in [9.17, 15) is 5.11 Å². The summed E-state index contributed by atoms with van der Waals surface area (Å²) >= 11 is 0. The van der Waals surface area contributed by atoms with Gasteiger partial charge in [0.2, 0.25) is 0 Å². The molecule has 0 aromatic rings. The van der Waals surface area contributed by atoms with Gasteiger partial charge in [-0.15, -0.1) is 5.54 Å².